The van der Waals surface area contributed by atoms with Crippen molar-refractivity contribution in [2.75, 3.05) is 0 Å². The van der Waals surface area contributed by atoms with Crippen molar-refractivity contribution < 1.29 is 4.79 Å². The molecule has 0 spiro atoms. The molecular formula is C25H29ClN2O. The summed E-state index contributed by atoms with van der Waals surface area (Å²) in [5.74, 6) is 0.307. The van der Waals surface area contributed by atoms with Crippen molar-refractivity contribution >= 4 is 17.5 Å². The molecule has 0 fully saturated rings. The molecule has 3 rings (SSSR count). The van der Waals surface area contributed by atoms with E-state index in [2.05, 4.69) is 68.8 Å². The molecule has 1 aromatic heterocycles. The first-order valence-corrected chi connectivity index (χ1v) is 10.5. The van der Waals surface area contributed by atoms with Crippen LogP contribution in [0.3, 0.4) is 0 Å². The molecule has 0 aliphatic rings. The van der Waals surface area contributed by atoms with Gasteiger partial charge in [0.25, 0.3) is 5.91 Å². The Morgan fingerprint density at radius 1 is 1.03 bits per heavy atom. The minimum Gasteiger partial charge on any atom is -0.345 e. The van der Waals surface area contributed by atoms with Gasteiger partial charge in [0.05, 0.1) is 17.1 Å². The van der Waals surface area contributed by atoms with Crippen LogP contribution in [0.5, 0.6) is 0 Å². The second kappa shape index (κ2) is 9.32. The summed E-state index contributed by atoms with van der Waals surface area (Å²) in [5.41, 5.74) is 4.17. The molecule has 0 aliphatic heterocycles. The number of aryl methyl sites for hydroxylation is 1. The Morgan fingerprint density at radius 3 is 2.48 bits per heavy atom. The normalized spacial score (nSPS) is 12.2. The second-order valence-corrected chi connectivity index (χ2v) is 8.42. The molecule has 152 valence electrons. The predicted molar refractivity (Wildman–Crippen MR) is 120 cm³/mol. The van der Waals surface area contributed by atoms with E-state index in [1.807, 2.05) is 23.1 Å². The Bertz CT molecular complexity index is 976. The fourth-order valence-corrected chi connectivity index (χ4v) is 3.70. The third-order valence-electron chi connectivity index (χ3n) is 5.51. The second-order valence-electron chi connectivity index (χ2n) is 8.01. The van der Waals surface area contributed by atoms with Gasteiger partial charge in [-0.2, -0.15) is 0 Å². The van der Waals surface area contributed by atoms with Gasteiger partial charge < -0.3 is 9.47 Å². The summed E-state index contributed by atoms with van der Waals surface area (Å²) in [6.07, 6.45) is 2.08. The number of carbonyl (C=O) groups is 1. The summed E-state index contributed by atoms with van der Waals surface area (Å²) in [6, 6.07) is 20.0. The summed E-state index contributed by atoms with van der Waals surface area (Å²) in [6.45, 7) is 9.82. The number of rotatable bonds is 7. The number of benzene rings is 2. The van der Waals surface area contributed by atoms with E-state index < -0.39 is 0 Å². The zero-order valence-corrected chi connectivity index (χ0v) is 18.4. The minimum atomic E-state index is -0.0277. The van der Waals surface area contributed by atoms with Crippen molar-refractivity contribution in [1.82, 2.24) is 9.47 Å². The smallest absolute Gasteiger partial charge is 0.255 e. The lowest BCUT2D eigenvalue weighted by Crippen LogP contribution is -2.41. The highest BCUT2D eigenvalue weighted by Crippen LogP contribution is 2.23. The van der Waals surface area contributed by atoms with Crippen molar-refractivity contribution in [3.63, 3.8) is 0 Å². The first-order chi connectivity index (χ1) is 13.9. The van der Waals surface area contributed by atoms with E-state index in [0.717, 1.165) is 12.2 Å². The van der Waals surface area contributed by atoms with Crippen LogP contribution in [0.1, 0.15) is 48.0 Å². The van der Waals surface area contributed by atoms with E-state index in [1.54, 1.807) is 12.1 Å². The molecule has 1 atom stereocenters. The monoisotopic (exact) mass is 408 g/mol. The number of halogens is 1. The number of amides is 1. The number of aromatic nitrogens is 1. The number of hydrogen-bond acceptors (Lipinski definition) is 1. The van der Waals surface area contributed by atoms with Gasteiger partial charge in [0.2, 0.25) is 0 Å². The van der Waals surface area contributed by atoms with Gasteiger partial charge in [-0.25, -0.2) is 0 Å². The van der Waals surface area contributed by atoms with E-state index in [4.69, 9.17) is 11.6 Å². The van der Waals surface area contributed by atoms with Gasteiger partial charge in [-0.1, -0.05) is 67.4 Å². The fraction of sp³-hybridized carbons (Fsp3) is 0.320. The van der Waals surface area contributed by atoms with Gasteiger partial charge in [0, 0.05) is 24.5 Å². The molecule has 29 heavy (non-hydrogen) atoms. The van der Waals surface area contributed by atoms with Crippen molar-refractivity contribution in [2.45, 2.75) is 46.8 Å². The molecule has 0 N–H and O–H groups in total. The van der Waals surface area contributed by atoms with Crippen LogP contribution in [0.2, 0.25) is 5.02 Å². The van der Waals surface area contributed by atoms with Crippen LogP contribution in [-0.2, 0) is 13.1 Å². The molecule has 4 heteroatoms. The van der Waals surface area contributed by atoms with Gasteiger partial charge in [-0.05, 0) is 49.6 Å². The molecular weight excluding hydrogens is 380 g/mol. The van der Waals surface area contributed by atoms with Crippen molar-refractivity contribution in [1.29, 1.82) is 0 Å². The summed E-state index contributed by atoms with van der Waals surface area (Å²) >= 11 is 6.33. The van der Waals surface area contributed by atoms with E-state index in [-0.39, 0.29) is 11.9 Å². The summed E-state index contributed by atoms with van der Waals surface area (Å²) in [4.78, 5) is 15.3. The van der Waals surface area contributed by atoms with E-state index in [9.17, 15) is 4.79 Å². The maximum Gasteiger partial charge on any atom is 0.255 e. The molecule has 1 heterocycles. The molecule has 1 amide bonds. The number of carbonyl (C=O) groups excluding carboxylic acids is 1. The zero-order chi connectivity index (χ0) is 21.0. The van der Waals surface area contributed by atoms with Crippen molar-refractivity contribution in [2.24, 2.45) is 5.92 Å². The maximum atomic E-state index is 13.4. The average Bonchev–Trinajstić information content (AvgIpc) is 3.12. The van der Waals surface area contributed by atoms with Crippen LogP contribution in [0, 0.1) is 12.8 Å². The molecule has 3 aromatic rings. The topological polar surface area (TPSA) is 25.2 Å². The third kappa shape index (κ3) is 5.10. The Labute approximate surface area is 178 Å². The fourth-order valence-electron chi connectivity index (χ4n) is 3.48. The van der Waals surface area contributed by atoms with Gasteiger partial charge in [0.1, 0.15) is 0 Å². The highest BCUT2D eigenvalue weighted by atomic mass is 35.5. The predicted octanol–water partition coefficient (Wildman–Crippen LogP) is 6.19. The molecule has 0 bridgehead atoms. The first kappa shape index (κ1) is 21.2. The van der Waals surface area contributed by atoms with Crippen LogP contribution in [0.25, 0.3) is 0 Å². The van der Waals surface area contributed by atoms with Gasteiger partial charge in [0.15, 0.2) is 0 Å². The zero-order valence-electron chi connectivity index (χ0n) is 17.6. The van der Waals surface area contributed by atoms with E-state index in [1.165, 1.54) is 11.1 Å². The number of hydrogen-bond donors (Lipinski definition) is 0. The van der Waals surface area contributed by atoms with E-state index >= 15 is 0 Å². The quantitative estimate of drug-likeness (QED) is 0.457. The molecule has 0 saturated carbocycles. The molecule has 0 saturated heterocycles. The highest BCUT2D eigenvalue weighted by molar-refractivity contribution is 6.33. The van der Waals surface area contributed by atoms with Gasteiger partial charge >= 0.3 is 0 Å². The highest BCUT2D eigenvalue weighted by Gasteiger charge is 2.26. The van der Waals surface area contributed by atoms with Gasteiger partial charge in [-0.3, -0.25) is 4.79 Å². The molecule has 2 aromatic carbocycles. The van der Waals surface area contributed by atoms with Crippen LogP contribution in [-0.4, -0.2) is 21.4 Å². The van der Waals surface area contributed by atoms with Crippen LogP contribution in [0.4, 0.5) is 0 Å². The molecule has 0 radical (unpaired) electrons. The summed E-state index contributed by atoms with van der Waals surface area (Å²) < 4.78 is 2.22. The Kier molecular flexibility index (Phi) is 6.81. The van der Waals surface area contributed by atoms with Crippen LogP contribution in [0.15, 0.2) is 66.9 Å². The SMILES string of the molecule is Cc1cccc(Cn2cccc2CN(C(=O)c2ccccc2Cl)[C@H](C)C(C)C)c1. The largest absolute Gasteiger partial charge is 0.345 e. The van der Waals surface area contributed by atoms with Gasteiger partial charge in [-0.15, -0.1) is 0 Å². The number of nitrogens with zero attached hydrogens (tertiary/aromatic N) is 2. The summed E-state index contributed by atoms with van der Waals surface area (Å²) in [5, 5.41) is 0.494. The van der Waals surface area contributed by atoms with E-state index in [0.29, 0.717) is 23.0 Å². The minimum absolute atomic E-state index is 0.0277. The Morgan fingerprint density at radius 2 is 1.79 bits per heavy atom. The lowest BCUT2D eigenvalue weighted by Gasteiger charge is -2.32. The molecule has 0 aliphatic carbocycles. The maximum absolute atomic E-state index is 13.4. The lowest BCUT2D eigenvalue weighted by molar-refractivity contribution is 0.0623. The summed E-state index contributed by atoms with van der Waals surface area (Å²) in [7, 11) is 0. The third-order valence-corrected chi connectivity index (χ3v) is 5.84. The standard InChI is InChI=1S/C25H29ClN2O/c1-18(2)20(4)28(25(29)23-12-5-6-13-24(23)26)17-22-11-8-14-27(22)16-21-10-7-9-19(3)15-21/h5-15,18,20H,16-17H2,1-4H3/t20-/m1/s1. The average molecular weight is 409 g/mol. The van der Waals surface area contributed by atoms with Crippen molar-refractivity contribution in [3.8, 4) is 0 Å². The van der Waals surface area contributed by atoms with Crippen LogP contribution < -0.4 is 0 Å². The van der Waals surface area contributed by atoms with Crippen LogP contribution >= 0.6 is 11.6 Å². The molecule has 3 nitrogen and oxygen atoms in total. The lowest BCUT2D eigenvalue weighted by atomic mass is 10.0. The Hall–Kier alpha value is -2.52. The first-order valence-electron chi connectivity index (χ1n) is 10.1. The Balaban J connectivity index is 1.88. The molecule has 0 unspecified atom stereocenters. The van der Waals surface area contributed by atoms with Crippen molar-refractivity contribution in [3.05, 3.63) is 94.3 Å².